The summed E-state index contributed by atoms with van der Waals surface area (Å²) in [7, 11) is 0. The van der Waals surface area contributed by atoms with Crippen molar-refractivity contribution in [2.24, 2.45) is 0 Å². The van der Waals surface area contributed by atoms with Crippen LogP contribution in [0.15, 0.2) is 42.5 Å². The number of anilines is 1. The van der Waals surface area contributed by atoms with E-state index in [1.165, 1.54) is 0 Å². The number of rotatable bonds is 8. The van der Waals surface area contributed by atoms with E-state index in [1.54, 1.807) is 42.5 Å². The average Bonchev–Trinajstić information content (AvgIpc) is 3.37. The van der Waals surface area contributed by atoms with Gasteiger partial charge in [-0.1, -0.05) is 0 Å². The molecule has 8 nitrogen and oxygen atoms in total. The highest BCUT2D eigenvalue weighted by molar-refractivity contribution is 5.93. The molecule has 2 aliphatic rings. The molecule has 1 aliphatic heterocycles. The van der Waals surface area contributed by atoms with E-state index in [-0.39, 0.29) is 6.61 Å². The second-order valence-corrected chi connectivity index (χ2v) is 7.39. The molecule has 31 heavy (non-hydrogen) atoms. The number of benzene rings is 2. The van der Waals surface area contributed by atoms with Gasteiger partial charge in [0.2, 0.25) is 0 Å². The maximum Gasteiger partial charge on any atom is 0.344 e. The van der Waals surface area contributed by atoms with Crippen LogP contribution in [0.1, 0.15) is 32.6 Å². The minimum Gasteiger partial charge on any atom is -0.494 e. The van der Waals surface area contributed by atoms with Crippen molar-refractivity contribution in [3.63, 3.8) is 0 Å². The quantitative estimate of drug-likeness (QED) is 0.643. The minimum atomic E-state index is -0.641. The Hall–Kier alpha value is -3.42. The lowest BCUT2D eigenvalue weighted by Crippen LogP contribution is -2.34. The van der Waals surface area contributed by atoms with Gasteiger partial charge in [-0.15, -0.1) is 0 Å². The molecule has 0 radical (unpaired) electrons. The molecule has 1 aliphatic carbocycles. The van der Waals surface area contributed by atoms with Gasteiger partial charge in [0.25, 0.3) is 11.7 Å². The summed E-state index contributed by atoms with van der Waals surface area (Å²) in [6.07, 6.45) is 3.87. The lowest BCUT2D eigenvalue weighted by Gasteiger charge is -2.21. The average molecular weight is 427 g/mol. The number of carbonyl (C=O) groups is 2. The van der Waals surface area contributed by atoms with Gasteiger partial charge in [0.05, 0.1) is 6.61 Å². The normalized spacial score (nSPS) is 15.5. The Morgan fingerprint density at radius 3 is 2.32 bits per heavy atom. The fourth-order valence-corrected chi connectivity index (χ4v) is 3.62. The van der Waals surface area contributed by atoms with Crippen molar-refractivity contribution >= 4 is 17.6 Å². The van der Waals surface area contributed by atoms with Crippen LogP contribution in [0, 0.1) is 0 Å². The third-order valence-electron chi connectivity index (χ3n) is 5.04. The van der Waals surface area contributed by atoms with Crippen molar-refractivity contribution in [2.45, 2.75) is 38.4 Å². The molecule has 2 aromatic rings. The number of ether oxygens (including phenoxy) is 5. The molecule has 1 N–H and O–H groups in total. The van der Waals surface area contributed by atoms with Gasteiger partial charge in [-0.2, -0.15) is 0 Å². The van der Waals surface area contributed by atoms with Crippen molar-refractivity contribution in [3.05, 3.63) is 42.5 Å². The molecule has 1 saturated carbocycles. The summed E-state index contributed by atoms with van der Waals surface area (Å²) in [5, 5.41) is 2.69. The zero-order valence-corrected chi connectivity index (χ0v) is 17.3. The summed E-state index contributed by atoms with van der Waals surface area (Å²) < 4.78 is 27.6. The predicted molar refractivity (Wildman–Crippen MR) is 112 cm³/mol. The van der Waals surface area contributed by atoms with Gasteiger partial charge in [0, 0.05) is 24.6 Å². The van der Waals surface area contributed by atoms with Crippen molar-refractivity contribution < 1.29 is 33.3 Å². The van der Waals surface area contributed by atoms with Gasteiger partial charge < -0.3 is 29.0 Å². The first-order valence-corrected chi connectivity index (χ1v) is 10.4. The van der Waals surface area contributed by atoms with E-state index < -0.39 is 24.3 Å². The van der Waals surface area contributed by atoms with E-state index in [0.717, 1.165) is 31.4 Å². The van der Waals surface area contributed by atoms with E-state index in [0.29, 0.717) is 29.5 Å². The Balaban J connectivity index is 1.20. The zero-order valence-electron chi connectivity index (χ0n) is 17.3. The van der Waals surface area contributed by atoms with Gasteiger partial charge >= 0.3 is 5.97 Å². The third-order valence-corrected chi connectivity index (χ3v) is 5.04. The SMILES string of the molecule is CCOc1ccc(OCC(=O)OCC(=O)Nc2ccc3c(c2)OC2(CCCC2)O3)cc1. The Morgan fingerprint density at radius 1 is 0.935 bits per heavy atom. The van der Waals surface area contributed by atoms with Crippen molar-refractivity contribution in [3.8, 4) is 23.0 Å². The molecule has 4 rings (SSSR count). The van der Waals surface area contributed by atoms with Crippen LogP contribution in [0.3, 0.4) is 0 Å². The molecule has 1 heterocycles. The summed E-state index contributed by atoms with van der Waals surface area (Å²) in [5.41, 5.74) is 0.545. The Labute approximate surface area is 180 Å². The highest BCUT2D eigenvalue weighted by Crippen LogP contribution is 2.47. The number of hydrogen-bond acceptors (Lipinski definition) is 7. The highest BCUT2D eigenvalue weighted by Gasteiger charge is 2.44. The zero-order chi connectivity index (χ0) is 21.7. The van der Waals surface area contributed by atoms with Crippen LogP contribution < -0.4 is 24.3 Å². The monoisotopic (exact) mass is 427 g/mol. The van der Waals surface area contributed by atoms with E-state index >= 15 is 0 Å². The molecule has 0 atom stereocenters. The van der Waals surface area contributed by atoms with Gasteiger partial charge in [0.15, 0.2) is 24.7 Å². The number of amides is 1. The topological polar surface area (TPSA) is 92.3 Å². The molecule has 1 fully saturated rings. The maximum absolute atomic E-state index is 12.1. The van der Waals surface area contributed by atoms with E-state index in [1.807, 2.05) is 6.92 Å². The molecular formula is C23H25NO7. The van der Waals surface area contributed by atoms with Crippen LogP contribution in [0.2, 0.25) is 0 Å². The van der Waals surface area contributed by atoms with Gasteiger partial charge in [-0.3, -0.25) is 4.79 Å². The standard InChI is InChI=1S/C23H25NO7/c1-2-27-17-6-8-18(9-7-17)28-15-22(26)29-14-21(25)24-16-5-10-19-20(13-16)31-23(30-19)11-3-4-12-23/h5-10,13H,2-4,11-12,14-15H2,1H3,(H,24,25). The van der Waals surface area contributed by atoms with Gasteiger partial charge in [-0.05, 0) is 56.2 Å². The second kappa shape index (κ2) is 9.16. The van der Waals surface area contributed by atoms with Gasteiger partial charge in [-0.25, -0.2) is 4.79 Å². The number of esters is 1. The van der Waals surface area contributed by atoms with Crippen LogP contribution >= 0.6 is 0 Å². The number of hydrogen-bond donors (Lipinski definition) is 1. The summed E-state index contributed by atoms with van der Waals surface area (Å²) in [6, 6.07) is 12.1. The molecule has 1 spiro atoms. The van der Waals surface area contributed by atoms with Crippen LogP contribution in [-0.2, 0) is 14.3 Å². The first-order valence-electron chi connectivity index (χ1n) is 10.4. The van der Waals surface area contributed by atoms with Gasteiger partial charge in [0.1, 0.15) is 11.5 Å². The molecule has 2 aromatic carbocycles. The molecule has 8 heteroatoms. The van der Waals surface area contributed by atoms with Crippen molar-refractivity contribution in [1.29, 1.82) is 0 Å². The van der Waals surface area contributed by atoms with Crippen LogP contribution in [-0.4, -0.2) is 37.5 Å². The maximum atomic E-state index is 12.1. The number of nitrogens with one attached hydrogen (secondary N) is 1. The molecule has 0 saturated heterocycles. The summed E-state index contributed by atoms with van der Waals surface area (Å²) in [6.45, 7) is 1.76. The lowest BCUT2D eigenvalue weighted by molar-refractivity contribution is -0.149. The minimum absolute atomic E-state index is 0.298. The fraction of sp³-hybridized carbons (Fsp3) is 0.391. The summed E-state index contributed by atoms with van der Waals surface area (Å²) in [5.74, 6) is 0.866. The largest absolute Gasteiger partial charge is 0.494 e. The summed E-state index contributed by atoms with van der Waals surface area (Å²) in [4.78, 5) is 24.0. The molecule has 0 bridgehead atoms. The number of fused-ring (bicyclic) bond motifs is 1. The fourth-order valence-electron chi connectivity index (χ4n) is 3.62. The van der Waals surface area contributed by atoms with Crippen molar-refractivity contribution in [1.82, 2.24) is 0 Å². The van der Waals surface area contributed by atoms with E-state index in [2.05, 4.69) is 5.32 Å². The smallest absolute Gasteiger partial charge is 0.344 e. The Morgan fingerprint density at radius 2 is 1.61 bits per heavy atom. The molecular weight excluding hydrogens is 402 g/mol. The molecule has 1 amide bonds. The third kappa shape index (κ3) is 5.20. The lowest BCUT2D eigenvalue weighted by atomic mass is 10.2. The van der Waals surface area contributed by atoms with Crippen LogP contribution in [0.4, 0.5) is 5.69 Å². The second-order valence-electron chi connectivity index (χ2n) is 7.39. The molecule has 0 aromatic heterocycles. The number of carbonyl (C=O) groups excluding carboxylic acids is 2. The Kier molecular flexibility index (Phi) is 6.16. The predicted octanol–water partition coefficient (Wildman–Crippen LogP) is 3.69. The summed E-state index contributed by atoms with van der Waals surface area (Å²) >= 11 is 0. The first-order chi connectivity index (χ1) is 15.0. The Bertz CT molecular complexity index is 935. The van der Waals surface area contributed by atoms with E-state index in [4.69, 9.17) is 23.7 Å². The molecule has 164 valence electrons. The van der Waals surface area contributed by atoms with Crippen LogP contribution in [0.5, 0.6) is 23.0 Å². The van der Waals surface area contributed by atoms with E-state index in [9.17, 15) is 9.59 Å². The molecule has 0 unspecified atom stereocenters. The first kappa shape index (κ1) is 20.8. The van der Waals surface area contributed by atoms with Crippen LogP contribution in [0.25, 0.3) is 0 Å². The van der Waals surface area contributed by atoms with Crippen molar-refractivity contribution in [2.75, 3.05) is 25.1 Å². The highest BCUT2D eigenvalue weighted by atomic mass is 16.7.